The second-order valence-corrected chi connectivity index (χ2v) is 4.68. The highest BCUT2D eigenvalue weighted by molar-refractivity contribution is 5.44. The molecule has 0 amide bonds. The molecule has 1 rings (SSSR count). The number of unbranched alkanes of at least 4 members (excludes halogenated alkanes) is 4. The third-order valence-electron chi connectivity index (χ3n) is 2.92. The lowest BCUT2D eigenvalue weighted by atomic mass is 10.2. The average molecular weight is 249 g/mol. The van der Waals surface area contributed by atoms with Gasteiger partial charge in [0.15, 0.2) is 0 Å². The van der Waals surface area contributed by atoms with E-state index in [0.717, 1.165) is 24.7 Å². The molecule has 1 aromatic rings. The number of rotatable bonds is 10. The SMILES string of the molecule is CCCCCNc1cccc(NCCCCC)n1. The Kier molecular flexibility index (Phi) is 8.02. The van der Waals surface area contributed by atoms with Crippen LogP contribution in [-0.2, 0) is 0 Å². The Morgan fingerprint density at radius 2 is 1.33 bits per heavy atom. The fourth-order valence-electron chi connectivity index (χ4n) is 1.81. The first-order chi connectivity index (χ1) is 8.86. The van der Waals surface area contributed by atoms with Crippen molar-refractivity contribution in [1.82, 2.24) is 4.98 Å². The highest BCUT2D eigenvalue weighted by atomic mass is 15.1. The number of hydrogen-bond donors (Lipinski definition) is 2. The molecule has 3 heteroatoms. The molecule has 0 aliphatic rings. The van der Waals surface area contributed by atoms with Crippen LogP contribution >= 0.6 is 0 Å². The summed E-state index contributed by atoms with van der Waals surface area (Å²) in [4.78, 5) is 4.55. The lowest BCUT2D eigenvalue weighted by Gasteiger charge is -2.08. The highest BCUT2D eigenvalue weighted by Crippen LogP contribution is 2.09. The van der Waals surface area contributed by atoms with Crippen molar-refractivity contribution in [2.75, 3.05) is 23.7 Å². The Bertz CT molecular complexity index is 285. The van der Waals surface area contributed by atoms with Gasteiger partial charge in [-0.05, 0) is 25.0 Å². The third kappa shape index (κ3) is 6.48. The predicted octanol–water partition coefficient (Wildman–Crippen LogP) is 4.29. The summed E-state index contributed by atoms with van der Waals surface area (Å²) in [7, 11) is 0. The molecule has 1 heterocycles. The van der Waals surface area contributed by atoms with E-state index >= 15 is 0 Å². The minimum atomic E-state index is 0.978. The maximum atomic E-state index is 4.55. The van der Waals surface area contributed by atoms with E-state index in [9.17, 15) is 0 Å². The van der Waals surface area contributed by atoms with Crippen molar-refractivity contribution in [1.29, 1.82) is 0 Å². The van der Waals surface area contributed by atoms with Gasteiger partial charge in [0, 0.05) is 13.1 Å². The smallest absolute Gasteiger partial charge is 0.128 e. The van der Waals surface area contributed by atoms with Crippen molar-refractivity contribution in [3.63, 3.8) is 0 Å². The third-order valence-corrected chi connectivity index (χ3v) is 2.92. The summed E-state index contributed by atoms with van der Waals surface area (Å²) in [5.41, 5.74) is 0. The Balaban J connectivity index is 2.27. The molecule has 0 unspecified atom stereocenters. The van der Waals surface area contributed by atoms with Crippen LogP contribution in [0.2, 0.25) is 0 Å². The second kappa shape index (κ2) is 9.75. The Labute approximate surface area is 111 Å². The van der Waals surface area contributed by atoms with Crippen LogP contribution in [0, 0.1) is 0 Å². The van der Waals surface area contributed by atoms with Gasteiger partial charge in [-0.2, -0.15) is 0 Å². The van der Waals surface area contributed by atoms with E-state index in [-0.39, 0.29) is 0 Å². The van der Waals surface area contributed by atoms with Gasteiger partial charge in [-0.1, -0.05) is 45.6 Å². The maximum Gasteiger partial charge on any atom is 0.128 e. The summed E-state index contributed by atoms with van der Waals surface area (Å²) >= 11 is 0. The Morgan fingerprint density at radius 1 is 0.833 bits per heavy atom. The zero-order valence-corrected chi connectivity index (χ0v) is 11.8. The van der Waals surface area contributed by atoms with Gasteiger partial charge in [0.1, 0.15) is 11.6 Å². The number of anilines is 2. The lowest BCUT2D eigenvalue weighted by molar-refractivity contribution is 0.740. The Hall–Kier alpha value is -1.25. The highest BCUT2D eigenvalue weighted by Gasteiger charge is 1.96. The van der Waals surface area contributed by atoms with Gasteiger partial charge in [-0.25, -0.2) is 4.98 Å². The summed E-state index contributed by atoms with van der Waals surface area (Å²) in [5, 5.41) is 6.74. The van der Waals surface area contributed by atoms with Crippen LogP contribution in [0.5, 0.6) is 0 Å². The largest absolute Gasteiger partial charge is 0.370 e. The molecule has 2 N–H and O–H groups in total. The molecule has 0 fully saturated rings. The monoisotopic (exact) mass is 249 g/mol. The molecule has 0 saturated heterocycles. The number of aromatic nitrogens is 1. The topological polar surface area (TPSA) is 37.0 Å². The van der Waals surface area contributed by atoms with Crippen molar-refractivity contribution < 1.29 is 0 Å². The van der Waals surface area contributed by atoms with Gasteiger partial charge in [0.25, 0.3) is 0 Å². The first-order valence-corrected chi connectivity index (χ1v) is 7.31. The van der Waals surface area contributed by atoms with Crippen molar-refractivity contribution in [3.05, 3.63) is 18.2 Å². The van der Waals surface area contributed by atoms with Gasteiger partial charge >= 0.3 is 0 Å². The van der Waals surface area contributed by atoms with Gasteiger partial charge in [0.05, 0.1) is 0 Å². The van der Waals surface area contributed by atoms with Crippen molar-refractivity contribution in [2.24, 2.45) is 0 Å². The molecule has 0 aliphatic heterocycles. The predicted molar refractivity (Wildman–Crippen MR) is 80.3 cm³/mol. The van der Waals surface area contributed by atoms with Crippen LogP contribution < -0.4 is 10.6 Å². The van der Waals surface area contributed by atoms with Crippen LogP contribution in [0.4, 0.5) is 11.6 Å². The fraction of sp³-hybridized carbons (Fsp3) is 0.667. The van der Waals surface area contributed by atoms with Crippen LogP contribution in [0.3, 0.4) is 0 Å². The summed E-state index contributed by atoms with van der Waals surface area (Å²) in [6.45, 7) is 6.47. The first-order valence-electron chi connectivity index (χ1n) is 7.31. The molecule has 1 aromatic heterocycles. The minimum absolute atomic E-state index is 0.978. The second-order valence-electron chi connectivity index (χ2n) is 4.68. The first kappa shape index (κ1) is 14.8. The number of pyridine rings is 1. The Morgan fingerprint density at radius 3 is 1.78 bits per heavy atom. The van der Waals surface area contributed by atoms with Crippen molar-refractivity contribution >= 4 is 11.6 Å². The molecule has 3 nitrogen and oxygen atoms in total. The van der Waals surface area contributed by atoms with Gasteiger partial charge in [0.2, 0.25) is 0 Å². The van der Waals surface area contributed by atoms with E-state index in [0.29, 0.717) is 0 Å². The maximum absolute atomic E-state index is 4.55. The van der Waals surface area contributed by atoms with Gasteiger partial charge in [-0.3, -0.25) is 0 Å². The molecule has 0 saturated carbocycles. The number of nitrogens with zero attached hydrogens (tertiary/aromatic N) is 1. The van der Waals surface area contributed by atoms with Crippen molar-refractivity contribution in [3.8, 4) is 0 Å². The minimum Gasteiger partial charge on any atom is -0.370 e. The molecule has 0 radical (unpaired) electrons. The van der Waals surface area contributed by atoms with Crippen molar-refractivity contribution in [2.45, 2.75) is 52.4 Å². The van der Waals surface area contributed by atoms with Crippen LogP contribution in [-0.4, -0.2) is 18.1 Å². The molecule has 0 bridgehead atoms. The molecule has 0 aliphatic carbocycles. The van der Waals surface area contributed by atoms with Gasteiger partial charge < -0.3 is 10.6 Å². The zero-order valence-electron chi connectivity index (χ0n) is 11.8. The van der Waals surface area contributed by atoms with E-state index in [2.05, 4.69) is 35.5 Å². The number of nitrogens with one attached hydrogen (secondary N) is 2. The summed E-state index contributed by atoms with van der Waals surface area (Å²) in [6, 6.07) is 6.11. The van der Waals surface area contributed by atoms with Crippen LogP contribution in [0.25, 0.3) is 0 Å². The fourth-order valence-corrected chi connectivity index (χ4v) is 1.81. The van der Waals surface area contributed by atoms with Crippen LogP contribution in [0.15, 0.2) is 18.2 Å². The number of hydrogen-bond acceptors (Lipinski definition) is 3. The molecule has 18 heavy (non-hydrogen) atoms. The van der Waals surface area contributed by atoms with E-state index in [4.69, 9.17) is 0 Å². The lowest BCUT2D eigenvalue weighted by Crippen LogP contribution is -2.06. The molecule has 102 valence electrons. The van der Waals surface area contributed by atoms with E-state index in [1.54, 1.807) is 0 Å². The van der Waals surface area contributed by atoms with E-state index < -0.39 is 0 Å². The zero-order chi connectivity index (χ0) is 13.1. The molecular weight excluding hydrogens is 222 g/mol. The quantitative estimate of drug-likeness (QED) is 0.607. The normalized spacial score (nSPS) is 10.3. The molecule has 0 spiro atoms. The average Bonchev–Trinajstić information content (AvgIpc) is 2.40. The molecule has 0 aromatic carbocycles. The van der Waals surface area contributed by atoms with Gasteiger partial charge in [-0.15, -0.1) is 0 Å². The summed E-state index contributed by atoms with van der Waals surface area (Å²) in [5.74, 6) is 1.96. The molecule has 0 atom stereocenters. The standard InChI is InChI=1S/C15H27N3/c1-3-5-7-12-16-14-10-9-11-15(18-14)17-13-8-6-4-2/h9-11H,3-8,12-13H2,1-2H3,(H2,16,17,18). The van der Waals surface area contributed by atoms with E-state index in [1.807, 2.05) is 12.1 Å². The van der Waals surface area contributed by atoms with E-state index in [1.165, 1.54) is 38.5 Å². The van der Waals surface area contributed by atoms with Crippen LogP contribution in [0.1, 0.15) is 52.4 Å². The summed E-state index contributed by atoms with van der Waals surface area (Å²) < 4.78 is 0. The summed E-state index contributed by atoms with van der Waals surface area (Å²) in [6.07, 6.45) is 7.50. The molecular formula is C15H27N3.